The molecular weight excluding hydrogens is 342 g/mol. The highest BCUT2D eigenvalue weighted by atomic mass is 16.1. The van der Waals surface area contributed by atoms with Crippen LogP contribution in [0.2, 0.25) is 0 Å². The number of nitrogens with zero attached hydrogens (tertiary/aromatic N) is 5. The molecule has 0 radical (unpaired) electrons. The van der Waals surface area contributed by atoms with Gasteiger partial charge in [-0.25, -0.2) is 15.0 Å². The molecule has 0 aliphatic heterocycles. The fraction of sp³-hybridized carbons (Fsp3) is 0.211. The molecule has 1 amide bonds. The Labute approximate surface area is 157 Å². The maximum atomic E-state index is 12.2. The van der Waals surface area contributed by atoms with E-state index in [1.165, 1.54) is 6.20 Å². The molecule has 0 fully saturated rings. The first-order valence-electron chi connectivity index (χ1n) is 8.41. The van der Waals surface area contributed by atoms with E-state index in [1.54, 1.807) is 6.20 Å². The van der Waals surface area contributed by atoms with Gasteiger partial charge in [0.05, 0.1) is 11.9 Å². The van der Waals surface area contributed by atoms with E-state index in [4.69, 9.17) is 0 Å². The number of hydrogen-bond acceptors (Lipinski definition) is 7. The standard InChI is InChI=1S/C19H21N7O/c1-12-10-21-16(11-20-12)19(27)25-15-7-5-14(6-8-15)24-17-9-18(26(3)4)23-13(2)22-17/h5-11H,1-4H3,(H,25,27)(H,22,23,24). The summed E-state index contributed by atoms with van der Waals surface area (Å²) in [6, 6.07) is 9.22. The van der Waals surface area contributed by atoms with Crippen LogP contribution >= 0.6 is 0 Å². The molecular formula is C19H21N7O. The van der Waals surface area contributed by atoms with Gasteiger partial charge in [0.25, 0.3) is 5.91 Å². The Bertz CT molecular complexity index is 937. The zero-order valence-corrected chi connectivity index (χ0v) is 15.7. The number of anilines is 4. The summed E-state index contributed by atoms with van der Waals surface area (Å²) in [5.41, 5.74) is 2.56. The summed E-state index contributed by atoms with van der Waals surface area (Å²) in [5, 5.41) is 6.05. The fourth-order valence-electron chi connectivity index (χ4n) is 2.33. The van der Waals surface area contributed by atoms with Crippen molar-refractivity contribution in [3.05, 3.63) is 59.9 Å². The molecule has 0 atom stereocenters. The van der Waals surface area contributed by atoms with E-state index in [0.29, 0.717) is 17.3 Å². The predicted octanol–water partition coefficient (Wildman–Crippen LogP) is 2.95. The van der Waals surface area contributed by atoms with Gasteiger partial charge >= 0.3 is 0 Å². The lowest BCUT2D eigenvalue weighted by molar-refractivity contribution is 0.102. The van der Waals surface area contributed by atoms with Crippen LogP contribution in [0.3, 0.4) is 0 Å². The summed E-state index contributed by atoms with van der Waals surface area (Å²) >= 11 is 0. The lowest BCUT2D eigenvalue weighted by atomic mass is 10.2. The van der Waals surface area contributed by atoms with Gasteiger partial charge in [-0.05, 0) is 38.1 Å². The van der Waals surface area contributed by atoms with Crippen LogP contribution in [0.1, 0.15) is 22.0 Å². The predicted molar refractivity (Wildman–Crippen MR) is 106 cm³/mol. The van der Waals surface area contributed by atoms with E-state index in [2.05, 4.69) is 30.6 Å². The van der Waals surface area contributed by atoms with E-state index in [1.807, 2.05) is 63.2 Å². The highest BCUT2D eigenvalue weighted by Crippen LogP contribution is 2.20. The Morgan fingerprint density at radius 2 is 1.67 bits per heavy atom. The van der Waals surface area contributed by atoms with Crippen LogP contribution in [0.5, 0.6) is 0 Å². The zero-order valence-electron chi connectivity index (χ0n) is 15.7. The largest absolute Gasteiger partial charge is 0.363 e. The summed E-state index contributed by atoms with van der Waals surface area (Å²) in [7, 11) is 3.86. The van der Waals surface area contributed by atoms with Crippen LogP contribution in [0, 0.1) is 13.8 Å². The fourth-order valence-corrected chi connectivity index (χ4v) is 2.33. The van der Waals surface area contributed by atoms with Crippen molar-refractivity contribution in [1.82, 2.24) is 19.9 Å². The van der Waals surface area contributed by atoms with Crippen molar-refractivity contribution in [3.8, 4) is 0 Å². The van der Waals surface area contributed by atoms with Crippen LogP contribution in [-0.2, 0) is 0 Å². The zero-order chi connectivity index (χ0) is 19.4. The monoisotopic (exact) mass is 363 g/mol. The van der Waals surface area contributed by atoms with Gasteiger partial charge in [0, 0.05) is 37.7 Å². The smallest absolute Gasteiger partial charge is 0.275 e. The summed E-state index contributed by atoms with van der Waals surface area (Å²) < 4.78 is 0. The first kappa shape index (κ1) is 18.2. The van der Waals surface area contributed by atoms with Crippen molar-refractivity contribution in [3.63, 3.8) is 0 Å². The SMILES string of the molecule is Cc1cnc(C(=O)Nc2ccc(Nc3cc(N(C)C)nc(C)n3)cc2)cn1. The normalized spacial score (nSPS) is 10.4. The number of amides is 1. The molecule has 0 unspecified atom stereocenters. The Kier molecular flexibility index (Phi) is 5.25. The van der Waals surface area contributed by atoms with Crippen molar-refractivity contribution in [2.75, 3.05) is 29.6 Å². The Morgan fingerprint density at radius 3 is 2.30 bits per heavy atom. The second kappa shape index (κ2) is 7.77. The maximum Gasteiger partial charge on any atom is 0.275 e. The Balaban J connectivity index is 1.68. The molecule has 2 N–H and O–H groups in total. The summed E-state index contributed by atoms with van der Waals surface area (Å²) in [5.74, 6) is 1.92. The molecule has 2 heterocycles. The van der Waals surface area contributed by atoms with Gasteiger partial charge in [-0.15, -0.1) is 0 Å². The molecule has 1 aromatic carbocycles. The second-order valence-corrected chi connectivity index (χ2v) is 6.25. The van der Waals surface area contributed by atoms with Gasteiger partial charge in [-0.2, -0.15) is 0 Å². The van der Waals surface area contributed by atoms with E-state index in [9.17, 15) is 4.79 Å². The average molecular weight is 363 g/mol. The molecule has 3 aromatic rings. The molecule has 2 aromatic heterocycles. The molecule has 0 aliphatic rings. The number of aromatic nitrogens is 4. The summed E-state index contributed by atoms with van der Waals surface area (Å²) in [4.78, 5) is 31.0. The van der Waals surface area contributed by atoms with Gasteiger partial charge in [0.15, 0.2) is 0 Å². The van der Waals surface area contributed by atoms with Crippen molar-refractivity contribution in [2.45, 2.75) is 13.8 Å². The number of rotatable bonds is 5. The molecule has 8 heteroatoms. The highest BCUT2D eigenvalue weighted by Gasteiger charge is 2.08. The third-order valence-electron chi connectivity index (χ3n) is 3.71. The molecule has 0 aliphatic carbocycles. The van der Waals surface area contributed by atoms with Crippen molar-refractivity contribution < 1.29 is 4.79 Å². The van der Waals surface area contributed by atoms with Crippen LogP contribution in [0.15, 0.2) is 42.7 Å². The number of aryl methyl sites for hydroxylation is 2. The minimum atomic E-state index is -0.301. The summed E-state index contributed by atoms with van der Waals surface area (Å²) in [6.45, 7) is 3.67. The van der Waals surface area contributed by atoms with E-state index >= 15 is 0 Å². The number of benzene rings is 1. The first-order valence-corrected chi connectivity index (χ1v) is 8.41. The van der Waals surface area contributed by atoms with Crippen LogP contribution < -0.4 is 15.5 Å². The molecule has 8 nitrogen and oxygen atoms in total. The summed E-state index contributed by atoms with van der Waals surface area (Å²) in [6.07, 6.45) is 3.02. The van der Waals surface area contributed by atoms with Crippen LogP contribution in [0.25, 0.3) is 0 Å². The average Bonchev–Trinajstić information content (AvgIpc) is 2.63. The third kappa shape index (κ3) is 4.75. The van der Waals surface area contributed by atoms with Gasteiger partial charge in [0.2, 0.25) is 0 Å². The van der Waals surface area contributed by atoms with E-state index < -0.39 is 0 Å². The minimum absolute atomic E-state index is 0.274. The molecule has 0 spiro atoms. The first-order chi connectivity index (χ1) is 12.9. The minimum Gasteiger partial charge on any atom is -0.363 e. The van der Waals surface area contributed by atoms with Crippen LogP contribution in [0.4, 0.5) is 23.0 Å². The molecule has 138 valence electrons. The number of carbonyl (C=O) groups excluding carboxylic acids is 1. The number of carbonyl (C=O) groups is 1. The molecule has 0 bridgehead atoms. The molecule has 0 saturated heterocycles. The van der Waals surface area contributed by atoms with Gasteiger partial charge in [-0.3, -0.25) is 9.78 Å². The Hall–Kier alpha value is -3.55. The van der Waals surface area contributed by atoms with Gasteiger partial charge < -0.3 is 15.5 Å². The maximum absolute atomic E-state index is 12.2. The van der Waals surface area contributed by atoms with Gasteiger partial charge in [-0.1, -0.05) is 0 Å². The number of hydrogen-bond donors (Lipinski definition) is 2. The van der Waals surface area contributed by atoms with Crippen LogP contribution in [-0.4, -0.2) is 39.9 Å². The number of nitrogens with one attached hydrogen (secondary N) is 2. The van der Waals surface area contributed by atoms with E-state index in [0.717, 1.165) is 17.2 Å². The Morgan fingerprint density at radius 1 is 0.963 bits per heavy atom. The lowest BCUT2D eigenvalue weighted by Gasteiger charge is -2.14. The quantitative estimate of drug-likeness (QED) is 0.719. The van der Waals surface area contributed by atoms with Crippen molar-refractivity contribution in [1.29, 1.82) is 0 Å². The molecule has 27 heavy (non-hydrogen) atoms. The lowest BCUT2D eigenvalue weighted by Crippen LogP contribution is -2.14. The van der Waals surface area contributed by atoms with Crippen molar-refractivity contribution >= 4 is 28.9 Å². The van der Waals surface area contributed by atoms with Crippen molar-refractivity contribution in [2.24, 2.45) is 0 Å². The third-order valence-corrected chi connectivity index (χ3v) is 3.71. The second-order valence-electron chi connectivity index (χ2n) is 6.25. The molecule has 3 rings (SSSR count). The highest BCUT2D eigenvalue weighted by molar-refractivity contribution is 6.02. The van der Waals surface area contributed by atoms with E-state index in [-0.39, 0.29) is 11.6 Å². The molecule has 0 saturated carbocycles. The van der Waals surface area contributed by atoms with Gasteiger partial charge in [0.1, 0.15) is 23.2 Å². The topological polar surface area (TPSA) is 95.9 Å².